The van der Waals surface area contributed by atoms with E-state index in [-0.39, 0.29) is 11.9 Å². The first kappa shape index (κ1) is 13.1. The molecule has 1 aromatic rings. The minimum atomic E-state index is 0.0279. The second-order valence-electron chi connectivity index (χ2n) is 4.57. The summed E-state index contributed by atoms with van der Waals surface area (Å²) in [6.45, 7) is 1.46. The molecule has 1 unspecified atom stereocenters. The van der Waals surface area contributed by atoms with Gasteiger partial charge in [-0.2, -0.15) is 0 Å². The number of nitrogens with zero attached hydrogens (tertiary/aromatic N) is 1. The summed E-state index contributed by atoms with van der Waals surface area (Å²) in [5.74, 6) is 0.0279. The first-order valence-corrected chi connectivity index (χ1v) is 6.51. The summed E-state index contributed by atoms with van der Waals surface area (Å²) in [7, 11) is 0. The van der Waals surface area contributed by atoms with Crippen molar-refractivity contribution in [3.05, 3.63) is 40.9 Å². The molecule has 2 N–H and O–H groups in total. The number of hydrogen-bond acceptors (Lipinski definition) is 2. The lowest BCUT2D eigenvalue weighted by Gasteiger charge is -2.29. The molecule has 1 aliphatic rings. The average Bonchev–Trinajstić information content (AvgIpc) is 2.38. The maximum Gasteiger partial charge on any atom is 0.246 e. The number of carbonyl (C=O) groups excluding carboxylic acids is 1. The lowest BCUT2D eigenvalue weighted by atomic mass is 10.1. The molecule has 0 spiro atoms. The van der Waals surface area contributed by atoms with Crippen molar-refractivity contribution in [2.24, 2.45) is 5.73 Å². The number of benzene rings is 1. The molecule has 1 fully saturated rings. The van der Waals surface area contributed by atoms with Gasteiger partial charge in [-0.25, -0.2) is 0 Å². The van der Waals surface area contributed by atoms with Crippen molar-refractivity contribution in [3.8, 4) is 0 Å². The molecule has 0 aromatic heterocycles. The van der Waals surface area contributed by atoms with Crippen LogP contribution in [-0.2, 0) is 4.79 Å². The van der Waals surface area contributed by atoms with Gasteiger partial charge in [-0.05, 0) is 36.6 Å². The smallest absolute Gasteiger partial charge is 0.246 e. The van der Waals surface area contributed by atoms with E-state index in [1.807, 2.05) is 24.3 Å². The average molecular weight is 265 g/mol. The van der Waals surface area contributed by atoms with Crippen LogP contribution in [0.25, 0.3) is 6.08 Å². The Hall–Kier alpha value is -1.32. The summed E-state index contributed by atoms with van der Waals surface area (Å²) in [6, 6.07) is 7.50. The van der Waals surface area contributed by atoms with Gasteiger partial charge in [0.25, 0.3) is 0 Å². The van der Waals surface area contributed by atoms with Crippen molar-refractivity contribution in [1.82, 2.24) is 4.90 Å². The molecule has 1 aromatic carbocycles. The van der Waals surface area contributed by atoms with Gasteiger partial charge in [-0.15, -0.1) is 0 Å². The van der Waals surface area contributed by atoms with Crippen molar-refractivity contribution in [3.63, 3.8) is 0 Å². The number of carbonyl (C=O) groups is 1. The van der Waals surface area contributed by atoms with Crippen LogP contribution >= 0.6 is 11.6 Å². The van der Waals surface area contributed by atoms with E-state index in [4.69, 9.17) is 17.3 Å². The molecule has 1 aliphatic heterocycles. The topological polar surface area (TPSA) is 46.3 Å². The van der Waals surface area contributed by atoms with Gasteiger partial charge in [-0.3, -0.25) is 4.79 Å². The zero-order valence-electron chi connectivity index (χ0n) is 10.2. The van der Waals surface area contributed by atoms with Crippen LogP contribution in [0.5, 0.6) is 0 Å². The molecule has 0 bridgehead atoms. The lowest BCUT2D eigenvalue weighted by Crippen LogP contribution is -2.45. The Bertz CT molecular complexity index is 442. The maximum absolute atomic E-state index is 11.9. The summed E-state index contributed by atoms with van der Waals surface area (Å²) in [6.07, 6.45) is 5.40. The SMILES string of the molecule is NC1CCCN(C(=O)/C=C/c2ccc(Cl)cc2)C1. The molecule has 4 heteroatoms. The van der Waals surface area contributed by atoms with Gasteiger partial charge in [0.2, 0.25) is 5.91 Å². The predicted octanol–water partition coefficient (Wildman–Crippen LogP) is 2.30. The third-order valence-electron chi connectivity index (χ3n) is 3.06. The zero-order chi connectivity index (χ0) is 13.0. The summed E-state index contributed by atoms with van der Waals surface area (Å²) in [5.41, 5.74) is 6.82. The summed E-state index contributed by atoms with van der Waals surface area (Å²) in [5, 5.41) is 0.695. The minimum absolute atomic E-state index is 0.0279. The Kier molecular flexibility index (Phi) is 4.39. The summed E-state index contributed by atoms with van der Waals surface area (Å²) >= 11 is 5.80. The van der Waals surface area contributed by atoms with Crippen LogP contribution in [0.2, 0.25) is 5.02 Å². The quantitative estimate of drug-likeness (QED) is 0.834. The molecule has 1 amide bonds. The summed E-state index contributed by atoms with van der Waals surface area (Å²) in [4.78, 5) is 13.7. The third kappa shape index (κ3) is 3.59. The number of rotatable bonds is 2. The highest BCUT2D eigenvalue weighted by Crippen LogP contribution is 2.12. The molecule has 18 heavy (non-hydrogen) atoms. The van der Waals surface area contributed by atoms with Crippen LogP contribution in [0.3, 0.4) is 0 Å². The van der Waals surface area contributed by atoms with Gasteiger partial charge >= 0.3 is 0 Å². The van der Waals surface area contributed by atoms with Crippen LogP contribution in [0.1, 0.15) is 18.4 Å². The van der Waals surface area contributed by atoms with Crippen molar-refractivity contribution < 1.29 is 4.79 Å². The van der Waals surface area contributed by atoms with Gasteiger partial charge < -0.3 is 10.6 Å². The van der Waals surface area contributed by atoms with E-state index < -0.39 is 0 Å². The molecular weight excluding hydrogens is 248 g/mol. The van der Waals surface area contributed by atoms with Crippen LogP contribution < -0.4 is 5.73 Å². The maximum atomic E-state index is 11.9. The molecule has 0 radical (unpaired) electrons. The molecule has 96 valence electrons. The van der Waals surface area contributed by atoms with Crippen LogP contribution in [0.4, 0.5) is 0 Å². The first-order valence-electron chi connectivity index (χ1n) is 6.13. The van der Waals surface area contributed by atoms with E-state index in [1.165, 1.54) is 0 Å². The monoisotopic (exact) mass is 264 g/mol. The molecule has 1 saturated heterocycles. The highest BCUT2D eigenvalue weighted by Gasteiger charge is 2.19. The Balaban J connectivity index is 1.96. The van der Waals surface area contributed by atoms with Gasteiger partial charge in [0.05, 0.1) is 0 Å². The zero-order valence-corrected chi connectivity index (χ0v) is 10.9. The van der Waals surface area contributed by atoms with E-state index in [0.29, 0.717) is 11.6 Å². The number of likely N-dealkylation sites (tertiary alicyclic amines) is 1. The van der Waals surface area contributed by atoms with Gasteiger partial charge in [0, 0.05) is 30.2 Å². The molecule has 1 atom stereocenters. The van der Waals surface area contributed by atoms with Crippen molar-refractivity contribution in [2.45, 2.75) is 18.9 Å². The van der Waals surface area contributed by atoms with E-state index in [0.717, 1.165) is 24.9 Å². The van der Waals surface area contributed by atoms with Crippen molar-refractivity contribution in [1.29, 1.82) is 0 Å². The molecule has 0 saturated carbocycles. The second-order valence-corrected chi connectivity index (χ2v) is 5.01. The van der Waals surface area contributed by atoms with E-state index in [1.54, 1.807) is 17.1 Å². The molecule has 2 rings (SSSR count). The van der Waals surface area contributed by atoms with E-state index in [9.17, 15) is 4.79 Å². The molecular formula is C14H17ClN2O. The second kappa shape index (κ2) is 6.03. The third-order valence-corrected chi connectivity index (χ3v) is 3.31. The Labute approximate surface area is 112 Å². The van der Waals surface area contributed by atoms with Crippen molar-refractivity contribution in [2.75, 3.05) is 13.1 Å². The number of halogens is 1. The Morgan fingerprint density at radius 3 is 2.78 bits per heavy atom. The Morgan fingerprint density at radius 2 is 2.11 bits per heavy atom. The van der Waals surface area contributed by atoms with Crippen LogP contribution in [-0.4, -0.2) is 29.9 Å². The summed E-state index contributed by atoms with van der Waals surface area (Å²) < 4.78 is 0. The number of piperidine rings is 1. The largest absolute Gasteiger partial charge is 0.338 e. The van der Waals surface area contributed by atoms with Crippen molar-refractivity contribution >= 4 is 23.6 Å². The van der Waals surface area contributed by atoms with E-state index >= 15 is 0 Å². The normalized spacial score (nSPS) is 20.3. The van der Waals surface area contributed by atoms with Crippen LogP contribution in [0, 0.1) is 0 Å². The lowest BCUT2D eigenvalue weighted by molar-refractivity contribution is -0.127. The molecule has 3 nitrogen and oxygen atoms in total. The first-order chi connectivity index (χ1) is 8.65. The Morgan fingerprint density at radius 1 is 1.39 bits per heavy atom. The minimum Gasteiger partial charge on any atom is -0.338 e. The number of nitrogens with two attached hydrogens (primary N) is 1. The fourth-order valence-corrected chi connectivity index (χ4v) is 2.18. The highest BCUT2D eigenvalue weighted by atomic mass is 35.5. The van der Waals surface area contributed by atoms with Gasteiger partial charge in [-0.1, -0.05) is 23.7 Å². The van der Waals surface area contributed by atoms with Gasteiger partial charge in [0.15, 0.2) is 0 Å². The molecule has 1 heterocycles. The highest BCUT2D eigenvalue weighted by molar-refractivity contribution is 6.30. The number of hydrogen-bond donors (Lipinski definition) is 1. The van der Waals surface area contributed by atoms with Gasteiger partial charge in [0.1, 0.15) is 0 Å². The standard InChI is InChI=1S/C14H17ClN2O/c15-12-6-3-11(4-7-12)5-8-14(18)17-9-1-2-13(16)10-17/h3-8,13H,1-2,9-10,16H2/b8-5+. The van der Waals surface area contributed by atoms with E-state index in [2.05, 4.69) is 0 Å². The fourth-order valence-electron chi connectivity index (χ4n) is 2.06. The number of amides is 1. The predicted molar refractivity (Wildman–Crippen MR) is 74.3 cm³/mol. The van der Waals surface area contributed by atoms with Crippen LogP contribution in [0.15, 0.2) is 30.3 Å². The molecule has 0 aliphatic carbocycles. The fraction of sp³-hybridized carbons (Fsp3) is 0.357.